The van der Waals surface area contributed by atoms with Crippen molar-refractivity contribution >= 4 is 0 Å². The molecular weight excluding hydrogens is 226 g/mol. The highest BCUT2D eigenvalue weighted by atomic mass is 16.5. The first kappa shape index (κ1) is 15.9. The van der Waals surface area contributed by atoms with E-state index in [4.69, 9.17) is 4.74 Å². The van der Waals surface area contributed by atoms with Crippen molar-refractivity contribution in [3.63, 3.8) is 0 Å². The molecule has 1 aliphatic heterocycles. The van der Waals surface area contributed by atoms with E-state index in [0.717, 1.165) is 38.8 Å². The van der Waals surface area contributed by atoms with Crippen LogP contribution in [0.4, 0.5) is 0 Å². The summed E-state index contributed by atoms with van der Waals surface area (Å²) in [4.78, 5) is 5.08. The van der Waals surface area contributed by atoms with E-state index in [9.17, 15) is 0 Å². The Morgan fingerprint density at radius 1 is 1.22 bits per heavy atom. The van der Waals surface area contributed by atoms with Gasteiger partial charge in [0.25, 0.3) is 0 Å². The third-order valence-electron chi connectivity index (χ3n) is 3.78. The van der Waals surface area contributed by atoms with Gasteiger partial charge in [0.2, 0.25) is 0 Å². The fourth-order valence-corrected chi connectivity index (χ4v) is 2.46. The lowest BCUT2D eigenvalue weighted by Crippen LogP contribution is -2.52. The van der Waals surface area contributed by atoms with Crippen LogP contribution in [0, 0.1) is 0 Å². The minimum absolute atomic E-state index is 0.747. The van der Waals surface area contributed by atoms with Crippen LogP contribution in [0.1, 0.15) is 26.7 Å². The Bertz CT molecular complexity index is 201. The standard InChI is InChI=1S/C14H31N3O/c1-4-14-13-17(11-10-16(14)3)9-8-15-7-6-12-18-5-2/h14-15H,4-13H2,1-3H3. The van der Waals surface area contributed by atoms with Gasteiger partial charge in [-0.2, -0.15) is 0 Å². The molecule has 1 unspecified atom stereocenters. The molecule has 4 nitrogen and oxygen atoms in total. The Balaban J connectivity index is 1.99. The Morgan fingerprint density at radius 3 is 2.78 bits per heavy atom. The van der Waals surface area contributed by atoms with Crippen molar-refractivity contribution in [3.05, 3.63) is 0 Å². The first-order valence-corrected chi connectivity index (χ1v) is 7.49. The van der Waals surface area contributed by atoms with E-state index in [1.54, 1.807) is 0 Å². The zero-order chi connectivity index (χ0) is 13.2. The molecule has 1 N–H and O–H groups in total. The van der Waals surface area contributed by atoms with Gasteiger partial charge in [-0.05, 0) is 33.4 Å². The lowest BCUT2D eigenvalue weighted by Gasteiger charge is -2.39. The van der Waals surface area contributed by atoms with Crippen LogP contribution in [0.3, 0.4) is 0 Å². The number of hydrogen-bond donors (Lipinski definition) is 1. The maximum atomic E-state index is 5.31. The van der Waals surface area contributed by atoms with E-state index in [0.29, 0.717) is 0 Å². The second-order valence-electron chi connectivity index (χ2n) is 5.14. The van der Waals surface area contributed by atoms with Crippen LogP contribution >= 0.6 is 0 Å². The number of piperazine rings is 1. The molecule has 1 aliphatic rings. The van der Waals surface area contributed by atoms with Crippen LogP contribution in [0.15, 0.2) is 0 Å². The Hall–Kier alpha value is -0.160. The molecule has 18 heavy (non-hydrogen) atoms. The van der Waals surface area contributed by atoms with Gasteiger partial charge in [-0.3, -0.25) is 4.90 Å². The number of nitrogens with zero attached hydrogens (tertiary/aromatic N) is 2. The Kier molecular flexibility index (Phi) is 8.59. The molecule has 0 spiro atoms. The summed E-state index contributed by atoms with van der Waals surface area (Å²) in [5, 5.41) is 3.50. The highest BCUT2D eigenvalue weighted by Gasteiger charge is 2.21. The van der Waals surface area contributed by atoms with Gasteiger partial charge in [-0.1, -0.05) is 6.92 Å². The molecule has 0 aromatic carbocycles. The SMILES string of the molecule is CCOCCCNCCN1CCN(C)C(CC)C1. The summed E-state index contributed by atoms with van der Waals surface area (Å²) in [6, 6.07) is 0.747. The fourth-order valence-electron chi connectivity index (χ4n) is 2.46. The summed E-state index contributed by atoms with van der Waals surface area (Å²) in [7, 11) is 2.25. The fraction of sp³-hybridized carbons (Fsp3) is 1.00. The quantitative estimate of drug-likeness (QED) is 0.624. The molecule has 0 aliphatic carbocycles. The number of rotatable bonds is 9. The van der Waals surface area contributed by atoms with E-state index < -0.39 is 0 Å². The van der Waals surface area contributed by atoms with Crippen molar-refractivity contribution in [1.29, 1.82) is 0 Å². The van der Waals surface area contributed by atoms with Crippen LogP contribution in [0.2, 0.25) is 0 Å². The highest BCUT2D eigenvalue weighted by Crippen LogP contribution is 2.09. The first-order chi connectivity index (χ1) is 8.77. The second-order valence-corrected chi connectivity index (χ2v) is 5.14. The second kappa shape index (κ2) is 9.73. The topological polar surface area (TPSA) is 27.7 Å². The molecule has 0 amide bonds. The molecule has 1 saturated heterocycles. The van der Waals surface area contributed by atoms with Crippen molar-refractivity contribution in [2.45, 2.75) is 32.7 Å². The minimum Gasteiger partial charge on any atom is -0.382 e. The monoisotopic (exact) mass is 257 g/mol. The molecule has 0 aromatic heterocycles. The molecule has 0 aromatic rings. The molecule has 108 valence electrons. The van der Waals surface area contributed by atoms with E-state index in [1.807, 2.05) is 6.92 Å². The van der Waals surface area contributed by atoms with Gasteiger partial charge in [0.05, 0.1) is 0 Å². The van der Waals surface area contributed by atoms with E-state index >= 15 is 0 Å². The predicted octanol–water partition coefficient (Wildman–Crippen LogP) is 1.03. The first-order valence-electron chi connectivity index (χ1n) is 7.49. The summed E-state index contributed by atoms with van der Waals surface area (Å²) >= 11 is 0. The highest BCUT2D eigenvalue weighted by molar-refractivity contribution is 4.79. The largest absolute Gasteiger partial charge is 0.382 e. The average Bonchev–Trinajstić information content (AvgIpc) is 2.39. The molecule has 1 rings (SSSR count). The molecule has 1 heterocycles. The van der Waals surface area contributed by atoms with Gasteiger partial charge in [-0.25, -0.2) is 0 Å². The van der Waals surface area contributed by atoms with Gasteiger partial charge < -0.3 is 15.0 Å². The lowest BCUT2D eigenvalue weighted by molar-refractivity contribution is 0.0936. The summed E-state index contributed by atoms with van der Waals surface area (Å²) in [6.07, 6.45) is 2.38. The van der Waals surface area contributed by atoms with Crippen molar-refractivity contribution in [1.82, 2.24) is 15.1 Å². The minimum atomic E-state index is 0.747. The third-order valence-corrected chi connectivity index (χ3v) is 3.78. The number of hydrogen-bond acceptors (Lipinski definition) is 4. The average molecular weight is 257 g/mol. The van der Waals surface area contributed by atoms with Gasteiger partial charge in [0, 0.05) is 52.0 Å². The maximum absolute atomic E-state index is 5.31. The van der Waals surface area contributed by atoms with Crippen molar-refractivity contribution in [2.75, 3.05) is 59.5 Å². The van der Waals surface area contributed by atoms with E-state index in [2.05, 4.69) is 29.1 Å². The number of likely N-dealkylation sites (N-methyl/N-ethyl adjacent to an activating group) is 1. The lowest BCUT2D eigenvalue weighted by atomic mass is 10.1. The maximum Gasteiger partial charge on any atom is 0.0477 e. The van der Waals surface area contributed by atoms with Crippen LogP contribution in [0.5, 0.6) is 0 Å². The van der Waals surface area contributed by atoms with E-state index in [-0.39, 0.29) is 0 Å². The Morgan fingerprint density at radius 2 is 2.06 bits per heavy atom. The summed E-state index contributed by atoms with van der Waals surface area (Å²) in [5.74, 6) is 0. The van der Waals surface area contributed by atoms with Crippen LogP contribution in [0.25, 0.3) is 0 Å². The van der Waals surface area contributed by atoms with Crippen LogP contribution in [-0.4, -0.2) is 75.4 Å². The number of nitrogens with one attached hydrogen (secondary N) is 1. The van der Waals surface area contributed by atoms with Gasteiger partial charge in [0.15, 0.2) is 0 Å². The van der Waals surface area contributed by atoms with Crippen molar-refractivity contribution in [2.24, 2.45) is 0 Å². The summed E-state index contributed by atoms with van der Waals surface area (Å²) in [6.45, 7) is 13.1. The van der Waals surface area contributed by atoms with Gasteiger partial charge in [0.1, 0.15) is 0 Å². The normalized spacial score (nSPS) is 22.5. The molecule has 0 saturated carbocycles. The zero-order valence-corrected chi connectivity index (χ0v) is 12.5. The molecule has 0 radical (unpaired) electrons. The van der Waals surface area contributed by atoms with Crippen molar-refractivity contribution < 1.29 is 4.74 Å². The van der Waals surface area contributed by atoms with Gasteiger partial charge >= 0.3 is 0 Å². The van der Waals surface area contributed by atoms with Crippen LogP contribution < -0.4 is 5.32 Å². The van der Waals surface area contributed by atoms with Gasteiger partial charge in [-0.15, -0.1) is 0 Å². The zero-order valence-electron chi connectivity index (χ0n) is 12.5. The third kappa shape index (κ3) is 6.14. The molecular formula is C14H31N3O. The summed E-state index contributed by atoms with van der Waals surface area (Å²) in [5.41, 5.74) is 0. The van der Waals surface area contributed by atoms with E-state index in [1.165, 1.54) is 32.6 Å². The predicted molar refractivity (Wildman–Crippen MR) is 77.1 cm³/mol. The van der Waals surface area contributed by atoms with Crippen LogP contribution in [-0.2, 0) is 4.74 Å². The smallest absolute Gasteiger partial charge is 0.0477 e. The molecule has 4 heteroatoms. The van der Waals surface area contributed by atoms with Crippen molar-refractivity contribution in [3.8, 4) is 0 Å². The molecule has 1 fully saturated rings. The molecule has 0 bridgehead atoms. The number of ether oxygens (including phenoxy) is 1. The molecule has 1 atom stereocenters. The summed E-state index contributed by atoms with van der Waals surface area (Å²) < 4.78 is 5.31. The Labute approximate surface area is 113 Å².